The minimum Gasteiger partial charge on any atom is -0.366 e. The Hall–Kier alpha value is -3.21. The van der Waals surface area contributed by atoms with E-state index >= 15 is 0 Å². The van der Waals surface area contributed by atoms with Crippen molar-refractivity contribution in [3.05, 3.63) is 74.9 Å². The fraction of sp³-hybridized carbons (Fsp3) is 0.208. The number of halogens is 1. The lowest BCUT2D eigenvalue weighted by atomic mass is 10.0. The molecule has 154 valence electrons. The van der Waals surface area contributed by atoms with Gasteiger partial charge in [0.15, 0.2) is 0 Å². The number of hydrogen-bond donors (Lipinski definition) is 3. The number of anilines is 1. The molecule has 1 aliphatic heterocycles. The van der Waals surface area contributed by atoms with Crippen LogP contribution in [0.5, 0.6) is 0 Å². The van der Waals surface area contributed by atoms with Crippen LogP contribution in [0.3, 0.4) is 0 Å². The lowest BCUT2D eigenvalue weighted by Gasteiger charge is -2.25. The molecule has 4 aromatic rings. The highest BCUT2D eigenvalue weighted by atomic mass is 79.9. The maximum Gasteiger partial charge on any atom is 0.258 e. The summed E-state index contributed by atoms with van der Waals surface area (Å²) in [6, 6.07) is 9.94. The molecule has 6 nitrogen and oxygen atoms in total. The van der Waals surface area contributed by atoms with Gasteiger partial charge in [-0.1, -0.05) is 27.8 Å². The number of nitrogens with one attached hydrogen (secondary N) is 3. The summed E-state index contributed by atoms with van der Waals surface area (Å²) in [5, 5.41) is 9.34. The van der Waals surface area contributed by atoms with Crippen LogP contribution in [0, 0.1) is 11.8 Å². The van der Waals surface area contributed by atoms with E-state index in [0.717, 1.165) is 52.6 Å². The first kappa shape index (κ1) is 19.7. The van der Waals surface area contributed by atoms with E-state index < -0.39 is 0 Å². The van der Waals surface area contributed by atoms with Gasteiger partial charge in [0.05, 0.1) is 16.5 Å². The Morgan fingerprint density at radius 1 is 1.13 bits per heavy atom. The summed E-state index contributed by atoms with van der Waals surface area (Å²) < 4.78 is 0.908. The predicted molar refractivity (Wildman–Crippen MR) is 127 cm³/mol. The number of nitrogens with zero attached hydrogens (tertiary/aromatic N) is 2. The summed E-state index contributed by atoms with van der Waals surface area (Å²) in [7, 11) is 0. The second-order valence-electron chi connectivity index (χ2n) is 7.58. The molecule has 1 aliphatic rings. The van der Waals surface area contributed by atoms with Gasteiger partial charge in [-0.05, 0) is 49.7 Å². The molecule has 0 amide bonds. The number of H-pyrrole nitrogens is 1. The summed E-state index contributed by atoms with van der Waals surface area (Å²) in [5.74, 6) is 7.10. The van der Waals surface area contributed by atoms with Gasteiger partial charge >= 0.3 is 0 Å². The average molecular weight is 474 g/mol. The molecular formula is C24H20BrN5O. The molecule has 31 heavy (non-hydrogen) atoms. The van der Waals surface area contributed by atoms with E-state index in [4.69, 9.17) is 4.98 Å². The molecule has 0 saturated carbocycles. The van der Waals surface area contributed by atoms with Gasteiger partial charge in [-0.2, -0.15) is 0 Å². The van der Waals surface area contributed by atoms with E-state index in [2.05, 4.69) is 48.4 Å². The number of piperidine rings is 1. The molecule has 0 radical (unpaired) electrons. The van der Waals surface area contributed by atoms with E-state index in [1.807, 2.05) is 30.3 Å². The van der Waals surface area contributed by atoms with Crippen molar-refractivity contribution in [3.8, 4) is 11.8 Å². The van der Waals surface area contributed by atoms with Crippen LogP contribution >= 0.6 is 15.9 Å². The van der Waals surface area contributed by atoms with E-state index in [1.54, 1.807) is 18.6 Å². The zero-order valence-corrected chi connectivity index (χ0v) is 18.3. The molecule has 3 N–H and O–H groups in total. The van der Waals surface area contributed by atoms with Gasteiger partial charge < -0.3 is 15.6 Å². The number of hydrogen-bond acceptors (Lipinski definition) is 5. The van der Waals surface area contributed by atoms with Gasteiger partial charge in [-0.3, -0.25) is 9.78 Å². The standard InChI is InChI=1S/C24H20BrN5O/c25-17-5-6-19-20(12-17)21-22(30-23(19)29-18-2-1-9-27-14-18)16(13-28-24(21)31)4-3-15-7-10-26-11-8-15/h5-8,10-13,18,27H,1-2,9,14H2,(H,28,31)(H,29,30)/t18-/m0/s1. The summed E-state index contributed by atoms with van der Waals surface area (Å²) in [5.41, 5.74) is 1.95. The van der Waals surface area contributed by atoms with Crippen molar-refractivity contribution in [2.75, 3.05) is 18.4 Å². The van der Waals surface area contributed by atoms with Crippen LogP contribution in [0.2, 0.25) is 0 Å². The minimum absolute atomic E-state index is 0.175. The number of fused-ring (bicyclic) bond motifs is 3. The van der Waals surface area contributed by atoms with Crippen molar-refractivity contribution < 1.29 is 0 Å². The fourth-order valence-electron chi connectivity index (χ4n) is 3.94. The van der Waals surface area contributed by atoms with Crippen LogP contribution in [-0.4, -0.2) is 34.1 Å². The van der Waals surface area contributed by atoms with Gasteiger partial charge in [0.2, 0.25) is 0 Å². The molecule has 4 heterocycles. The molecule has 1 aromatic carbocycles. The average Bonchev–Trinajstić information content (AvgIpc) is 2.80. The van der Waals surface area contributed by atoms with Gasteiger partial charge in [0, 0.05) is 52.0 Å². The molecule has 5 rings (SSSR count). The molecule has 3 aromatic heterocycles. The molecular weight excluding hydrogens is 454 g/mol. The van der Waals surface area contributed by atoms with Gasteiger partial charge in [-0.15, -0.1) is 0 Å². The molecule has 1 atom stereocenters. The molecule has 1 saturated heterocycles. The SMILES string of the molecule is O=c1[nH]cc(C#Cc2ccncc2)c2nc(N[C@H]3CCCNC3)c3ccc(Br)cc3c12. The van der Waals surface area contributed by atoms with Crippen molar-refractivity contribution in [1.29, 1.82) is 0 Å². The number of rotatable bonds is 2. The Balaban J connectivity index is 1.73. The minimum atomic E-state index is -0.175. The van der Waals surface area contributed by atoms with E-state index in [1.165, 1.54) is 0 Å². The number of benzene rings is 1. The highest BCUT2D eigenvalue weighted by molar-refractivity contribution is 9.10. The second-order valence-corrected chi connectivity index (χ2v) is 8.49. The van der Waals surface area contributed by atoms with Crippen molar-refractivity contribution in [3.63, 3.8) is 0 Å². The van der Waals surface area contributed by atoms with Gasteiger partial charge in [0.25, 0.3) is 5.56 Å². The van der Waals surface area contributed by atoms with Crippen molar-refractivity contribution in [2.45, 2.75) is 18.9 Å². The van der Waals surface area contributed by atoms with Gasteiger partial charge in [0.1, 0.15) is 5.82 Å². The van der Waals surface area contributed by atoms with Crippen molar-refractivity contribution in [1.82, 2.24) is 20.3 Å². The van der Waals surface area contributed by atoms with E-state index in [0.29, 0.717) is 22.5 Å². The lowest BCUT2D eigenvalue weighted by Crippen LogP contribution is -2.38. The molecule has 0 unspecified atom stereocenters. The molecule has 0 aliphatic carbocycles. The van der Waals surface area contributed by atoms with Crippen molar-refractivity contribution in [2.24, 2.45) is 0 Å². The maximum atomic E-state index is 12.8. The first-order valence-electron chi connectivity index (χ1n) is 10.2. The van der Waals surface area contributed by atoms with Crippen LogP contribution in [0.15, 0.2) is 58.2 Å². The number of aromatic amines is 1. The van der Waals surface area contributed by atoms with Crippen molar-refractivity contribution >= 4 is 43.4 Å². The van der Waals surface area contributed by atoms with E-state index in [9.17, 15) is 4.79 Å². The lowest BCUT2D eigenvalue weighted by molar-refractivity contribution is 0.479. The summed E-state index contributed by atoms with van der Waals surface area (Å²) in [6.07, 6.45) is 7.25. The second kappa shape index (κ2) is 8.50. The Bertz CT molecular complexity index is 1380. The third-order valence-corrected chi connectivity index (χ3v) is 5.95. The first-order chi connectivity index (χ1) is 15.2. The normalized spacial score (nSPS) is 16.1. The predicted octanol–water partition coefficient (Wildman–Crippen LogP) is 3.80. The Kier molecular flexibility index (Phi) is 5.41. The Morgan fingerprint density at radius 3 is 2.81 bits per heavy atom. The molecule has 0 bridgehead atoms. The fourth-order valence-corrected chi connectivity index (χ4v) is 4.30. The van der Waals surface area contributed by atoms with Crippen LogP contribution < -0.4 is 16.2 Å². The summed E-state index contributed by atoms with van der Waals surface area (Å²) >= 11 is 3.55. The third kappa shape index (κ3) is 4.05. The highest BCUT2D eigenvalue weighted by Crippen LogP contribution is 2.31. The quantitative estimate of drug-likeness (QED) is 0.304. The number of pyridine rings is 3. The zero-order valence-electron chi connectivity index (χ0n) is 16.7. The highest BCUT2D eigenvalue weighted by Gasteiger charge is 2.18. The largest absolute Gasteiger partial charge is 0.366 e. The summed E-state index contributed by atoms with van der Waals surface area (Å²) in [4.78, 5) is 24.6. The first-order valence-corrected chi connectivity index (χ1v) is 11.0. The van der Waals surface area contributed by atoms with Crippen LogP contribution in [0.1, 0.15) is 24.0 Å². The number of aromatic nitrogens is 3. The third-order valence-electron chi connectivity index (χ3n) is 5.46. The monoisotopic (exact) mass is 473 g/mol. The summed E-state index contributed by atoms with van der Waals surface area (Å²) in [6.45, 7) is 1.93. The molecule has 7 heteroatoms. The van der Waals surface area contributed by atoms with Crippen LogP contribution in [0.4, 0.5) is 5.82 Å². The molecule has 0 spiro atoms. The van der Waals surface area contributed by atoms with Crippen LogP contribution in [-0.2, 0) is 0 Å². The van der Waals surface area contributed by atoms with Crippen LogP contribution in [0.25, 0.3) is 21.7 Å². The molecule has 1 fully saturated rings. The topological polar surface area (TPSA) is 82.7 Å². The Morgan fingerprint density at radius 2 is 2.00 bits per heavy atom. The van der Waals surface area contributed by atoms with E-state index in [-0.39, 0.29) is 5.56 Å². The zero-order chi connectivity index (χ0) is 21.2. The Labute approximate surface area is 187 Å². The van der Waals surface area contributed by atoms with Gasteiger partial charge in [-0.25, -0.2) is 4.98 Å². The maximum absolute atomic E-state index is 12.8. The smallest absolute Gasteiger partial charge is 0.258 e.